The number of rotatable bonds is 9. The number of hydrogen-bond acceptors (Lipinski definition) is 6. The molecule has 1 saturated heterocycles. The second kappa shape index (κ2) is 13.6. The minimum Gasteiger partial charge on any atom is -1.00 e. The summed E-state index contributed by atoms with van der Waals surface area (Å²) in [5, 5.41) is 2.88. The molecule has 0 bridgehead atoms. The fourth-order valence-electron chi connectivity index (χ4n) is 4.88. The molecular weight excluding hydrogens is 641 g/mol. The number of halogens is 1. The summed E-state index contributed by atoms with van der Waals surface area (Å²) in [7, 11) is 1.32. The standard InChI is InChI=1S/C29H37N5O4S.HI/c1-22-20-27(38-5)21-23(2)29(22)39(36,37)32(4)15-12-28(35)30-24-6-8-25(9-7-24)33-16-18-34(19-17-33)26-10-13-31(3)14-11-26;/h6-11,13-14,20-21H,12,15-19H2,1-5H3;1H. The maximum atomic E-state index is 13.2. The molecular formula is C29H38IN5O4S. The van der Waals surface area contributed by atoms with Crippen LogP contribution in [0.3, 0.4) is 0 Å². The topological polar surface area (TPSA) is 86.1 Å². The second-order valence-corrected chi connectivity index (χ2v) is 11.9. The molecule has 0 radical (unpaired) electrons. The van der Waals surface area contributed by atoms with Gasteiger partial charge in [0.15, 0.2) is 12.4 Å². The average molecular weight is 680 g/mol. The largest absolute Gasteiger partial charge is 1.00 e. The molecule has 0 atom stereocenters. The molecule has 9 nitrogen and oxygen atoms in total. The van der Waals surface area contributed by atoms with Crippen LogP contribution in [0.2, 0.25) is 0 Å². The van der Waals surface area contributed by atoms with Gasteiger partial charge in [0.05, 0.1) is 12.0 Å². The highest BCUT2D eigenvalue weighted by Crippen LogP contribution is 2.28. The van der Waals surface area contributed by atoms with Gasteiger partial charge in [-0.15, -0.1) is 0 Å². The highest BCUT2D eigenvalue weighted by Gasteiger charge is 2.26. The molecule has 40 heavy (non-hydrogen) atoms. The Hall–Kier alpha value is -2.90. The van der Waals surface area contributed by atoms with E-state index in [0.717, 1.165) is 31.9 Å². The summed E-state index contributed by atoms with van der Waals surface area (Å²) in [6.45, 7) is 7.28. The maximum Gasteiger partial charge on any atom is 0.243 e. The van der Waals surface area contributed by atoms with Gasteiger partial charge in [0.25, 0.3) is 0 Å². The summed E-state index contributed by atoms with van der Waals surface area (Å²) in [6, 6.07) is 15.5. The Morgan fingerprint density at radius 1 is 0.950 bits per heavy atom. The number of aryl methyl sites for hydroxylation is 3. The van der Waals surface area contributed by atoms with Gasteiger partial charge in [0.2, 0.25) is 15.9 Å². The number of hydrogen-bond donors (Lipinski definition) is 1. The Balaban J connectivity index is 0.00000441. The van der Waals surface area contributed by atoms with E-state index in [-0.39, 0.29) is 47.7 Å². The average Bonchev–Trinajstić information content (AvgIpc) is 2.92. The normalized spacial score (nSPS) is 13.7. The molecule has 4 rings (SSSR count). The Bertz CT molecular complexity index is 1380. The fourth-order valence-corrected chi connectivity index (χ4v) is 6.45. The zero-order valence-electron chi connectivity index (χ0n) is 23.7. The molecule has 1 fully saturated rings. The van der Waals surface area contributed by atoms with Crippen molar-refractivity contribution in [3.05, 3.63) is 72.1 Å². The molecule has 1 aliphatic heterocycles. The lowest BCUT2D eigenvalue weighted by atomic mass is 10.1. The van der Waals surface area contributed by atoms with Gasteiger partial charge >= 0.3 is 0 Å². The SMILES string of the molecule is COc1cc(C)c(S(=O)(=O)N(C)CCC(=O)Nc2ccc(N3CCN(c4cc[n+](C)cc4)CC3)cc2)c(C)c1.[I-]. The van der Waals surface area contributed by atoms with Gasteiger partial charge in [0, 0.05) is 75.4 Å². The van der Waals surface area contributed by atoms with Crippen LogP contribution in [-0.2, 0) is 21.9 Å². The van der Waals surface area contributed by atoms with Crippen molar-refractivity contribution in [1.29, 1.82) is 0 Å². The number of benzene rings is 2. The molecule has 2 heterocycles. The number of anilines is 3. The monoisotopic (exact) mass is 679 g/mol. The number of amides is 1. The van der Waals surface area contributed by atoms with Crippen molar-refractivity contribution in [1.82, 2.24) is 4.31 Å². The smallest absolute Gasteiger partial charge is 0.243 e. The van der Waals surface area contributed by atoms with Gasteiger partial charge in [-0.05, 0) is 61.4 Å². The first-order valence-electron chi connectivity index (χ1n) is 13.0. The van der Waals surface area contributed by atoms with E-state index >= 15 is 0 Å². The van der Waals surface area contributed by atoms with Crippen LogP contribution in [0.15, 0.2) is 65.8 Å². The molecule has 0 spiro atoms. The molecule has 2 aromatic carbocycles. The number of methoxy groups -OCH3 is 1. The number of carbonyl (C=O) groups is 1. The summed E-state index contributed by atoms with van der Waals surface area (Å²) >= 11 is 0. The van der Waals surface area contributed by atoms with Crippen molar-refractivity contribution in [3.8, 4) is 5.75 Å². The fraction of sp³-hybridized carbons (Fsp3) is 0.379. The van der Waals surface area contributed by atoms with Crippen molar-refractivity contribution >= 4 is 33.0 Å². The van der Waals surface area contributed by atoms with E-state index in [2.05, 4.69) is 39.6 Å². The summed E-state index contributed by atoms with van der Waals surface area (Å²) in [4.78, 5) is 17.6. The number of sulfonamides is 1. The van der Waals surface area contributed by atoms with Crippen molar-refractivity contribution < 1.29 is 46.5 Å². The molecule has 1 N–H and O–H groups in total. The first-order valence-corrected chi connectivity index (χ1v) is 14.5. The lowest BCUT2D eigenvalue weighted by Crippen LogP contribution is -3.00. The van der Waals surface area contributed by atoms with E-state index in [1.165, 1.54) is 17.0 Å². The molecule has 1 amide bonds. The molecule has 0 saturated carbocycles. The van der Waals surface area contributed by atoms with Crippen LogP contribution in [0, 0.1) is 13.8 Å². The number of ether oxygens (including phenoxy) is 1. The van der Waals surface area contributed by atoms with Gasteiger partial charge < -0.3 is 43.8 Å². The lowest BCUT2D eigenvalue weighted by Gasteiger charge is -2.37. The van der Waals surface area contributed by atoms with E-state index in [1.54, 1.807) is 33.1 Å². The van der Waals surface area contributed by atoms with Crippen LogP contribution < -0.4 is 48.4 Å². The highest BCUT2D eigenvalue weighted by atomic mass is 127. The van der Waals surface area contributed by atoms with Crippen LogP contribution in [0.4, 0.5) is 17.1 Å². The van der Waals surface area contributed by atoms with Crippen LogP contribution in [-0.4, -0.2) is 65.5 Å². The zero-order valence-corrected chi connectivity index (χ0v) is 26.7. The van der Waals surface area contributed by atoms with E-state index in [0.29, 0.717) is 22.6 Å². The molecule has 216 valence electrons. The number of carbonyl (C=O) groups excluding carboxylic acids is 1. The van der Waals surface area contributed by atoms with Crippen LogP contribution in [0.25, 0.3) is 0 Å². The second-order valence-electron chi connectivity index (χ2n) is 9.96. The highest BCUT2D eigenvalue weighted by molar-refractivity contribution is 7.89. The number of nitrogens with one attached hydrogen (secondary N) is 1. The van der Waals surface area contributed by atoms with Crippen LogP contribution in [0.1, 0.15) is 17.5 Å². The predicted molar refractivity (Wildman–Crippen MR) is 154 cm³/mol. The third-order valence-corrected chi connectivity index (χ3v) is 9.28. The molecule has 1 aliphatic rings. The van der Waals surface area contributed by atoms with E-state index < -0.39 is 10.0 Å². The predicted octanol–water partition coefficient (Wildman–Crippen LogP) is 0.116. The minimum atomic E-state index is -3.75. The van der Waals surface area contributed by atoms with Crippen molar-refractivity contribution in [2.24, 2.45) is 7.05 Å². The first kappa shape index (κ1) is 31.6. The summed E-state index contributed by atoms with van der Waals surface area (Å²) < 4.78 is 34.9. The number of nitrogens with zero attached hydrogens (tertiary/aromatic N) is 4. The van der Waals surface area contributed by atoms with Crippen molar-refractivity contribution in [3.63, 3.8) is 0 Å². The number of piperazine rings is 1. The Kier molecular flexibility index (Phi) is 10.8. The Morgan fingerprint density at radius 3 is 1.95 bits per heavy atom. The minimum absolute atomic E-state index is 0. The van der Waals surface area contributed by atoms with Gasteiger partial charge in [0.1, 0.15) is 12.8 Å². The number of aromatic nitrogens is 1. The zero-order chi connectivity index (χ0) is 28.2. The summed E-state index contributed by atoms with van der Waals surface area (Å²) in [6.07, 6.45) is 4.17. The molecule has 0 aliphatic carbocycles. The molecule has 11 heteroatoms. The maximum absolute atomic E-state index is 13.2. The molecule has 1 aromatic heterocycles. The first-order chi connectivity index (χ1) is 18.6. The number of pyridine rings is 1. The van der Waals surface area contributed by atoms with E-state index in [1.807, 2.05) is 35.9 Å². The third-order valence-electron chi connectivity index (χ3n) is 7.11. The molecule has 3 aromatic rings. The summed E-state index contributed by atoms with van der Waals surface area (Å²) in [5.74, 6) is 0.374. The van der Waals surface area contributed by atoms with E-state index in [9.17, 15) is 13.2 Å². The van der Waals surface area contributed by atoms with Crippen molar-refractivity contribution in [2.75, 3.05) is 62.0 Å². The summed E-state index contributed by atoms with van der Waals surface area (Å²) in [5.41, 5.74) is 4.26. The van der Waals surface area contributed by atoms with Gasteiger partial charge in [-0.25, -0.2) is 17.3 Å². The molecule has 0 unspecified atom stereocenters. The Morgan fingerprint density at radius 2 is 1.45 bits per heavy atom. The van der Waals surface area contributed by atoms with Crippen LogP contribution in [0.5, 0.6) is 5.75 Å². The van der Waals surface area contributed by atoms with Gasteiger partial charge in [-0.2, -0.15) is 0 Å². The van der Waals surface area contributed by atoms with Gasteiger partial charge in [-0.3, -0.25) is 4.79 Å². The lowest BCUT2D eigenvalue weighted by molar-refractivity contribution is -0.671. The van der Waals surface area contributed by atoms with Gasteiger partial charge in [-0.1, -0.05) is 0 Å². The van der Waals surface area contributed by atoms with E-state index in [4.69, 9.17) is 4.74 Å². The van der Waals surface area contributed by atoms with Crippen molar-refractivity contribution in [2.45, 2.75) is 25.2 Å². The quantitative estimate of drug-likeness (QED) is 0.256. The third kappa shape index (κ3) is 7.43. The Labute approximate surface area is 254 Å². The van der Waals surface area contributed by atoms with Crippen LogP contribution >= 0.6 is 0 Å².